The molecule has 2 heterocycles. The van der Waals surface area contributed by atoms with Crippen LogP contribution in [0.15, 0.2) is 46.2 Å². The Morgan fingerprint density at radius 3 is 2.33 bits per heavy atom. The van der Waals surface area contributed by atoms with E-state index in [1.807, 2.05) is 50.9 Å². The topological polar surface area (TPSA) is 70.8 Å². The summed E-state index contributed by atoms with van der Waals surface area (Å²) < 4.78 is 28.5. The first-order valence-corrected chi connectivity index (χ1v) is 10.2. The summed E-state index contributed by atoms with van der Waals surface area (Å²) in [6.45, 7) is 5.18. The second-order valence-corrected chi connectivity index (χ2v) is 8.85. The Kier molecular flexibility index (Phi) is 5.21. The molecule has 0 aliphatic carbocycles. The van der Waals surface area contributed by atoms with Crippen molar-refractivity contribution in [2.45, 2.75) is 23.6 Å². The third kappa shape index (κ3) is 3.68. The van der Waals surface area contributed by atoms with Crippen LogP contribution in [0.2, 0.25) is 0 Å². The molecule has 0 N–H and O–H groups in total. The fourth-order valence-corrected chi connectivity index (χ4v) is 4.51. The Hall–Kier alpha value is -2.45. The number of benzene rings is 1. The minimum atomic E-state index is -3.77. The summed E-state index contributed by atoms with van der Waals surface area (Å²) in [4.78, 5) is 8.83. The number of sulfone groups is 1. The van der Waals surface area contributed by atoms with Gasteiger partial charge in [0.25, 0.3) is 0 Å². The molecule has 3 rings (SSSR count). The van der Waals surface area contributed by atoms with E-state index in [2.05, 4.69) is 10.1 Å². The molecule has 2 aromatic heterocycles. The predicted molar refractivity (Wildman–Crippen MR) is 106 cm³/mol. The second kappa shape index (κ2) is 7.28. The quantitative estimate of drug-likeness (QED) is 0.646. The van der Waals surface area contributed by atoms with Gasteiger partial charge in [0.2, 0.25) is 9.84 Å². The third-order valence-electron chi connectivity index (χ3n) is 4.40. The molecule has 3 aromatic rings. The Balaban J connectivity index is 2.27. The standard InChI is InChI=1S/C19H25N5O2S/c1-14-13-15(2)24-18(20-14)17(19(21-24)23(5)12-11-22(3)4)27(25,26)16-9-7-6-8-10-16/h6-10,13H,11-12H2,1-5H3. The van der Waals surface area contributed by atoms with Gasteiger partial charge in [-0.25, -0.2) is 17.9 Å². The molecule has 0 spiro atoms. The lowest BCUT2D eigenvalue weighted by Crippen LogP contribution is -2.29. The maximum absolute atomic E-state index is 13.5. The van der Waals surface area contributed by atoms with Crippen LogP contribution in [0.1, 0.15) is 11.4 Å². The molecule has 0 radical (unpaired) electrons. The number of hydrogen-bond donors (Lipinski definition) is 0. The van der Waals surface area contributed by atoms with E-state index in [0.29, 0.717) is 18.0 Å². The molecule has 8 heteroatoms. The van der Waals surface area contributed by atoms with Crippen molar-refractivity contribution >= 4 is 21.3 Å². The van der Waals surface area contributed by atoms with Crippen LogP contribution < -0.4 is 4.90 Å². The van der Waals surface area contributed by atoms with E-state index in [0.717, 1.165) is 17.9 Å². The molecule has 0 aliphatic rings. The van der Waals surface area contributed by atoms with Crippen LogP contribution in [0.3, 0.4) is 0 Å². The third-order valence-corrected chi connectivity index (χ3v) is 6.20. The average molecular weight is 388 g/mol. The van der Waals surface area contributed by atoms with Crippen LogP contribution in [0.5, 0.6) is 0 Å². The Morgan fingerprint density at radius 2 is 1.70 bits per heavy atom. The maximum Gasteiger partial charge on any atom is 0.214 e. The summed E-state index contributed by atoms with van der Waals surface area (Å²) in [5.41, 5.74) is 1.96. The van der Waals surface area contributed by atoms with Gasteiger partial charge >= 0.3 is 0 Å². The van der Waals surface area contributed by atoms with Crippen molar-refractivity contribution in [1.82, 2.24) is 19.5 Å². The second-order valence-electron chi connectivity index (χ2n) is 6.97. The van der Waals surface area contributed by atoms with Gasteiger partial charge in [0.15, 0.2) is 16.4 Å². The number of fused-ring (bicyclic) bond motifs is 1. The van der Waals surface area contributed by atoms with E-state index in [9.17, 15) is 8.42 Å². The van der Waals surface area contributed by atoms with Crippen molar-refractivity contribution in [2.24, 2.45) is 0 Å². The average Bonchev–Trinajstić information content (AvgIpc) is 3.01. The monoisotopic (exact) mass is 387 g/mol. The fourth-order valence-electron chi connectivity index (χ4n) is 2.95. The van der Waals surface area contributed by atoms with Gasteiger partial charge in [-0.2, -0.15) is 0 Å². The van der Waals surface area contributed by atoms with E-state index in [-0.39, 0.29) is 9.79 Å². The fraction of sp³-hybridized carbons (Fsp3) is 0.368. The largest absolute Gasteiger partial charge is 0.356 e. The Bertz CT molecular complexity index is 1060. The van der Waals surface area contributed by atoms with Gasteiger partial charge in [-0.15, -0.1) is 5.10 Å². The number of aromatic nitrogens is 3. The Morgan fingerprint density at radius 1 is 1.04 bits per heavy atom. The van der Waals surface area contributed by atoms with Gasteiger partial charge in [-0.3, -0.25) is 0 Å². The molecule has 1 aromatic carbocycles. The summed E-state index contributed by atoms with van der Waals surface area (Å²) in [5, 5.41) is 4.61. The molecule has 0 atom stereocenters. The lowest BCUT2D eigenvalue weighted by atomic mass is 10.3. The SMILES string of the molecule is Cc1cc(C)n2nc(N(C)CCN(C)C)c(S(=O)(=O)c3ccccc3)c2n1. The molecule has 0 saturated heterocycles. The molecule has 27 heavy (non-hydrogen) atoms. The molecule has 0 bridgehead atoms. The van der Waals surface area contributed by atoms with Gasteiger partial charge in [0.1, 0.15) is 0 Å². The maximum atomic E-state index is 13.5. The van der Waals surface area contributed by atoms with Gasteiger partial charge in [0.05, 0.1) is 4.90 Å². The number of hydrogen-bond acceptors (Lipinski definition) is 6. The number of rotatable bonds is 6. The lowest BCUT2D eigenvalue weighted by Gasteiger charge is -2.20. The molecule has 0 saturated carbocycles. The van der Waals surface area contributed by atoms with Crippen molar-refractivity contribution in [3.05, 3.63) is 47.8 Å². The number of likely N-dealkylation sites (N-methyl/N-ethyl adjacent to an activating group) is 2. The highest BCUT2D eigenvalue weighted by atomic mass is 32.2. The molecule has 0 aliphatic heterocycles. The molecule has 144 valence electrons. The first-order chi connectivity index (χ1) is 12.7. The van der Waals surface area contributed by atoms with E-state index >= 15 is 0 Å². The van der Waals surface area contributed by atoms with E-state index in [1.54, 1.807) is 34.8 Å². The van der Waals surface area contributed by atoms with E-state index < -0.39 is 9.84 Å². The minimum absolute atomic E-state index is 0.154. The smallest absolute Gasteiger partial charge is 0.214 e. The summed E-state index contributed by atoms with van der Waals surface area (Å²) in [5.74, 6) is 0.418. The lowest BCUT2D eigenvalue weighted by molar-refractivity contribution is 0.416. The minimum Gasteiger partial charge on any atom is -0.356 e. The zero-order chi connectivity index (χ0) is 19.8. The summed E-state index contributed by atoms with van der Waals surface area (Å²) in [7, 11) is 2.05. The van der Waals surface area contributed by atoms with Crippen LogP contribution in [0.4, 0.5) is 5.82 Å². The molecule has 0 fully saturated rings. The van der Waals surface area contributed by atoms with E-state index in [4.69, 9.17) is 0 Å². The van der Waals surface area contributed by atoms with Crippen molar-refractivity contribution < 1.29 is 8.42 Å². The molecule has 0 amide bonds. The van der Waals surface area contributed by atoms with Crippen LogP contribution >= 0.6 is 0 Å². The number of aryl methyl sites for hydroxylation is 2. The predicted octanol–water partition coefficient (Wildman–Crippen LogP) is 2.18. The van der Waals surface area contributed by atoms with Crippen molar-refractivity contribution in [2.75, 3.05) is 39.1 Å². The number of anilines is 1. The molecular formula is C19H25N5O2S. The normalized spacial score (nSPS) is 12.1. The van der Waals surface area contributed by atoms with Crippen molar-refractivity contribution in [3.63, 3.8) is 0 Å². The zero-order valence-corrected chi connectivity index (χ0v) is 17.2. The first-order valence-electron chi connectivity index (χ1n) is 8.75. The van der Waals surface area contributed by atoms with Crippen molar-refractivity contribution in [3.8, 4) is 0 Å². The molecular weight excluding hydrogens is 362 g/mol. The summed E-state index contributed by atoms with van der Waals surface area (Å²) >= 11 is 0. The highest BCUT2D eigenvalue weighted by molar-refractivity contribution is 7.91. The number of nitrogens with zero attached hydrogens (tertiary/aromatic N) is 5. The molecule has 0 unspecified atom stereocenters. The van der Waals surface area contributed by atoms with Crippen LogP contribution in [0, 0.1) is 13.8 Å². The highest BCUT2D eigenvalue weighted by Crippen LogP contribution is 2.32. The van der Waals surface area contributed by atoms with Crippen molar-refractivity contribution in [1.29, 1.82) is 0 Å². The van der Waals surface area contributed by atoms with Crippen LogP contribution in [0.25, 0.3) is 5.65 Å². The van der Waals surface area contributed by atoms with Crippen LogP contribution in [-0.4, -0.2) is 62.1 Å². The van der Waals surface area contributed by atoms with Gasteiger partial charge in [-0.05, 0) is 46.1 Å². The summed E-state index contributed by atoms with van der Waals surface area (Å²) in [6, 6.07) is 10.3. The van der Waals surface area contributed by atoms with Gasteiger partial charge in [-0.1, -0.05) is 18.2 Å². The first kappa shape index (κ1) is 19.3. The zero-order valence-electron chi connectivity index (χ0n) is 16.3. The van der Waals surface area contributed by atoms with Crippen LogP contribution in [-0.2, 0) is 9.84 Å². The van der Waals surface area contributed by atoms with Gasteiger partial charge < -0.3 is 9.80 Å². The van der Waals surface area contributed by atoms with E-state index in [1.165, 1.54) is 0 Å². The summed E-state index contributed by atoms with van der Waals surface area (Å²) in [6.07, 6.45) is 0. The molecule has 7 nitrogen and oxygen atoms in total. The highest BCUT2D eigenvalue weighted by Gasteiger charge is 2.30. The van der Waals surface area contributed by atoms with Gasteiger partial charge in [0, 0.05) is 31.5 Å². The Labute approximate surface area is 160 Å².